The molecular formula is C38H60O9. The molecule has 0 amide bonds. The summed E-state index contributed by atoms with van der Waals surface area (Å²) in [6.07, 6.45) is 4.53. The van der Waals surface area contributed by atoms with E-state index in [4.69, 9.17) is 18.9 Å². The van der Waals surface area contributed by atoms with Crippen molar-refractivity contribution in [3.05, 3.63) is 11.6 Å². The molecule has 1 heterocycles. The van der Waals surface area contributed by atoms with Gasteiger partial charge in [0.1, 0.15) is 18.3 Å². The maximum Gasteiger partial charge on any atom is 0.337 e. The van der Waals surface area contributed by atoms with Crippen molar-refractivity contribution in [2.24, 2.45) is 50.2 Å². The fourth-order valence-corrected chi connectivity index (χ4v) is 12.5. The topological polar surface area (TPSA) is 132 Å². The fraction of sp³-hybridized carbons (Fsp3) is 0.895. The van der Waals surface area contributed by atoms with E-state index >= 15 is 0 Å². The van der Waals surface area contributed by atoms with Crippen LogP contribution in [0.5, 0.6) is 0 Å². The standard InChI is InChI=1S/C38H60O9/c1-33(2)16-18-38(32(43)45-9)19-17-36(6)21(22(38)20-33)10-11-24-35(5)14-13-25(34(3,4)23(35)12-15-37(24,36)7)46-31-28(41)26(39)27(40)29(47-31)30(42)44-8/h10,22-29,31,39-41H,11-20H2,1-9H3. The van der Waals surface area contributed by atoms with E-state index < -0.39 is 42.1 Å². The van der Waals surface area contributed by atoms with E-state index in [1.807, 2.05) is 0 Å². The van der Waals surface area contributed by atoms with Gasteiger partial charge in [0.15, 0.2) is 12.4 Å². The van der Waals surface area contributed by atoms with Crippen LogP contribution >= 0.6 is 0 Å². The van der Waals surface area contributed by atoms with E-state index in [2.05, 4.69) is 54.5 Å². The molecule has 4 saturated carbocycles. The van der Waals surface area contributed by atoms with Crippen molar-refractivity contribution in [1.82, 2.24) is 0 Å². The molecule has 9 nitrogen and oxygen atoms in total. The molecule has 13 unspecified atom stereocenters. The number of aliphatic hydroxyl groups excluding tert-OH is 3. The van der Waals surface area contributed by atoms with Crippen molar-refractivity contribution in [2.75, 3.05) is 14.2 Å². The molecule has 1 saturated heterocycles. The van der Waals surface area contributed by atoms with Crippen LogP contribution in [0, 0.1) is 50.2 Å². The fourth-order valence-electron chi connectivity index (χ4n) is 12.5. The monoisotopic (exact) mass is 660 g/mol. The van der Waals surface area contributed by atoms with Gasteiger partial charge in [-0.25, -0.2) is 4.79 Å². The largest absolute Gasteiger partial charge is 0.469 e. The van der Waals surface area contributed by atoms with Gasteiger partial charge < -0.3 is 34.3 Å². The average molecular weight is 661 g/mol. The van der Waals surface area contributed by atoms with Gasteiger partial charge in [0.2, 0.25) is 0 Å². The Hall–Kier alpha value is -1.52. The molecular weight excluding hydrogens is 600 g/mol. The predicted molar refractivity (Wildman–Crippen MR) is 175 cm³/mol. The van der Waals surface area contributed by atoms with E-state index in [-0.39, 0.29) is 45.1 Å². The summed E-state index contributed by atoms with van der Waals surface area (Å²) in [5.74, 6) is 0.175. The molecule has 47 heavy (non-hydrogen) atoms. The molecule has 5 aliphatic carbocycles. The first kappa shape index (κ1) is 35.3. The van der Waals surface area contributed by atoms with E-state index in [1.165, 1.54) is 12.7 Å². The molecule has 0 bridgehead atoms. The summed E-state index contributed by atoms with van der Waals surface area (Å²) in [6, 6.07) is 0. The zero-order chi connectivity index (χ0) is 34.5. The first-order valence-corrected chi connectivity index (χ1v) is 18.0. The molecule has 0 aromatic carbocycles. The first-order chi connectivity index (χ1) is 21.8. The molecule has 1 aliphatic heterocycles. The lowest BCUT2D eigenvalue weighted by Crippen LogP contribution is -2.66. The van der Waals surface area contributed by atoms with Gasteiger partial charge >= 0.3 is 11.9 Å². The highest BCUT2D eigenvalue weighted by Crippen LogP contribution is 2.76. The van der Waals surface area contributed by atoms with E-state index in [0.29, 0.717) is 11.8 Å². The lowest BCUT2D eigenvalue weighted by molar-refractivity contribution is -0.324. The number of esters is 2. The van der Waals surface area contributed by atoms with Gasteiger partial charge in [0, 0.05) is 0 Å². The van der Waals surface area contributed by atoms with Crippen molar-refractivity contribution in [1.29, 1.82) is 0 Å². The van der Waals surface area contributed by atoms with E-state index in [0.717, 1.165) is 64.2 Å². The molecule has 266 valence electrons. The number of carbonyl (C=O) groups excluding carboxylic acids is 2. The minimum Gasteiger partial charge on any atom is -0.469 e. The number of carbonyl (C=O) groups is 2. The third kappa shape index (κ3) is 4.94. The molecule has 0 aromatic heterocycles. The first-order valence-electron chi connectivity index (χ1n) is 18.0. The zero-order valence-electron chi connectivity index (χ0n) is 30.1. The number of hydrogen-bond donors (Lipinski definition) is 3. The van der Waals surface area contributed by atoms with Crippen LogP contribution in [0.25, 0.3) is 0 Å². The number of fused-ring (bicyclic) bond motifs is 7. The summed E-state index contributed by atoms with van der Waals surface area (Å²) < 4.78 is 22.5. The van der Waals surface area contributed by atoms with Crippen molar-refractivity contribution < 1.29 is 43.9 Å². The minimum absolute atomic E-state index is 0.00306. The summed E-state index contributed by atoms with van der Waals surface area (Å²) in [5, 5.41) is 31.8. The summed E-state index contributed by atoms with van der Waals surface area (Å²) in [7, 11) is 2.75. The highest BCUT2D eigenvalue weighted by atomic mass is 16.7. The van der Waals surface area contributed by atoms with E-state index in [1.54, 1.807) is 7.11 Å². The number of ether oxygens (including phenoxy) is 4. The van der Waals surface area contributed by atoms with Crippen LogP contribution in [-0.4, -0.2) is 78.3 Å². The second-order valence-corrected chi connectivity index (χ2v) is 18.3. The molecule has 3 N–H and O–H groups in total. The highest BCUT2D eigenvalue weighted by Gasteiger charge is 2.69. The molecule has 0 radical (unpaired) electrons. The van der Waals surface area contributed by atoms with Gasteiger partial charge in [-0.2, -0.15) is 0 Å². The van der Waals surface area contributed by atoms with Crippen LogP contribution in [0.1, 0.15) is 113 Å². The quantitative estimate of drug-likeness (QED) is 0.208. The smallest absolute Gasteiger partial charge is 0.337 e. The molecule has 0 aromatic rings. The number of hydrogen-bond acceptors (Lipinski definition) is 9. The average Bonchev–Trinajstić information content (AvgIpc) is 3.01. The Balaban J connectivity index is 1.29. The number of aliphatic hydroxyl groups is 3. The second-order valence-electron chi connectivity index (χ2n) is 18.3. The van der Waals surface area contributed by atoms with Gasteiger partial charge in [-0.1, -0.05) is 60.1 Å². The Morgan fingerprint density at radius 3 is 2.15 bits per heavy atom. The number of methoxy groups -OCH3 is 2. The molecule has 6 aliphatic rings. The molecule has 9 heteroatoms. The van der Waals surface area contributed by atoms with Gasteiger partial charge in [-0.15, -0.1) is 0 Å². The van der Waals surface area contributed by atoms with Crippen molar-refractivity contribution in [2.45, 2.75) is 149 Å². The van der Waals surface area contributed by atoms with Crippen LogP contribution in [0.2, 0.25) is 0 Å². The highest BCUT2D eigenvalue weighted by molar-refractivity contribution is 5.78. The lowest BCUT2D eigenvalue weighted by Gasteiger charge is -2.71. The van der Waals surface area contributed by atoms with E-state index in [9.17, 15) is 24.9 Å². The van der Waals surface area contributed by atoms with Crippen LogP contribution in [-0.2, 0) is 28.5 Å². The Bertz CT molecular complexity index is 1290. The molecule has 13 atom stereocenters. The Morgan fingerprint density at radius 2 is 1.49 bits per heavy atom. The van der Waals surface area contributed by atoms with Crippen molar-refractivity contribution in [3.63, 3.8) is 0 Å². The maximum absolute atomic E-state index is 13.5. The van der Waals surface area contributed by atoms with Crippen LogP contribution in [0.3, 0.4) is 0 Å². The van der Waals surface area contributed by atoms with Crippen molar-refractivity contribution >= 4 is 11.9 Å². The van der Waals surface area contributed by atoms with Crippen molar-refractivity contribution in [3.8, 4) is 0 Å². The third-order valence-corrected chi connectivity index (χ3v) is 15.5. The SMILES string of the molecule is COC(=O)C1OC(OC2CCC3(C)C(CCC4(C)C3CC=C3C5CC(C)(C)CCC5(C(=O)OC)CCC34C)C2(C)C)C(O)C(O)C1O. The molecule has 6 rings (SSSR count). The van der Waals surface area contributed by atoms with Gasteiger partial charge in [-0.05, 0) is 109 Å². The Morgan fingerprint density at radius 1 is 0.809 bits per heavy atom. The van der Waals surface area contributed by atoms with Crippen LogP contribution < -0.4 is 0 Å². The predicted octanol–water partition coefficient (Wildman–Crippen LogP) is 5.33. The Kier molecular flexibility index (Phi) is 8.65. The zero-order valence-corrected chi connectivity index (χ0v) is 30.1. The lowest BCUT2D eigenvalue weighted by atomic mass is 9.33. The summed E-state index contributed by atoms with van der Waals surface area (Å²) in [4.78, 5) is 25.9. The van der Waals surface area contributed by atoms with Gasteiger partial charge in [0.25, 0.3) is 0 Å². The van der Waals surface area contributed by atoms with Gasteiger partial charge in [0.05, 0.1) is 25.7 Å². The third-order valence-electron chi connectivity index (χ3n) is 15.5. The molecule has 5 fully saturated rings. The van der Waals surface area contributed by atoms with Crippen LogP contribution in [0.4, 0.5) is 0 Å². The minimum atomic E-state index is -1.61. The van der Waals surface area contributed by atoms with Gasteiger partial charge in [-0.3, -0.25) is 4.79 Å². The summed E-state index contributed by atoms with van der Waals surface area (Å²) in [6.45, 7) is 16.8. The summed E-state index contributed by atoms with van der Waals surface area (Å²) >= 11 is 0. The maximum atomic E-state index is 13.5. The van der Waals surface area contributed by atoms with Crippen LogP contribution in [0.15, 0.2) is 11.6 Å². The molecule has 0 spiro atoms. The normalized spacial score (nSPS) is 50.0. The summed E-state index contributed by atoms with van der Waals surface area (Å²) in [5.41, 5.74) is 1.11. The Labute approximate surface area is 281 Å². The second kappa shape index (κ2) is 11.5. The number of rotatable bonds is 4. The number of allylic oxidation sites excluding steroid dienone is 2.